The van der Waals surface area contributed by atoms with Crippen molar-refractivity contribution in [2.75, 3.05) is 0 Å². The number of carbonyl (C=O) groups excluding carboxylic acids is 2. The van der Waals surface area contributed by atoms with Crippen molar-refractivity contribution in [3.05, 3.63) is 58.7 Å². The van der Waals surface area contributed by atoms with Crippen LogP contribution >= 0.6 is 0 Å². The SMILES string of the molecule is C=C1C(=O)O[C@@H]2[C@H]3O[C@]3(C)CCC=C(C)[C@@H](OC(=O)c3cc(C(F)(F)F)cc(C(F)(F)F)c3)C[C@@H]12. The van der Waals surface area contributed by atoms with Gasteiger partial charge in [0, 0.05) is 11.5 Å². The van der Waals surface area contributed by atoms with Crippen molar-refractivity contribution in [2.24, 2.45) is 5.92 Å². The summed E-state index contributed by atoms with van der Waals surface area (Å²) in [5.41, 5.74) is -3.95. The van der Waals surface area contributed by atoms with Crippen LogP contribution in [0.3, 0.4) is 0 Å². The summed E-state index contributed by atoms with van der Waals surface area (Å²) in [6, 6.07) is 0.586. The molecule has 0 amide bonds. The molecule has 2 aliphatic heterocycles. The number of fused-ring (bicyclic) bond motifs is 3. The predicted molar refractivity (Wildman–Crippen MR) is 109 cm³/mol. The fourth-order valence-electron chi connectivity index (χ4n) is 4.60. The quantitative estimate of drug-likeness (QED) is 0.172. The van der Waals surface area contributed by atoms with E-state index < -0.39 is 70.8 Å². The molecule has 0 aromatic heterocycles. The monoisotopic (exact) mass is 504 g/mol. The van der Waals surface area contributed by atoms with Gasteiger partial charge in [-0.2, -0.15) is 26.3 Å². The molecule has 3 aliphatic rings. The number of ether oxygens (including phenoxy) is 3. The smallest absolute Gasteiger partial charge is 0.416 e. The Hall–Kier alpha value is -2.82. The first-order valence-electron chi connectivity index (χ1n) is 10.8. The number of epoxide rings is 1. The van der Waals surface area contributed by atoms with Crippen molar-refractivity contribution >= 4 is 11.9 Å². The average Bonchev–Trinajstić information content (AvgIpc) is 3.34. The fourth-order valence-corrected chi connectivity index (χ4v) is 4.60. The second-order valence-electron chi connectivity index (χ2n) is 9.26. The molecule has 2 fully saturated rings. The second kappa shape index (κ2) is 8.39. The molecule has 190 valence electrons. The minimum Gasteiger partial charge on any atom is -0.455 e. The second-order valence-corrected chi connectivity index (χ2v) is 9.26. The zero-order valence-corrected chi connectivity index (χ0v) is 18.8. The minimum atomic E-state index is -5.11. The van der Waals surface area contributed by atoms with Crippen molar-refractivity contribution in [1.82, 2.24) is 0 Å². The molecule has 2 heterocycles. The molecule has 1 aliphatic carbocycles. The Kier molecular flexibility index (Phi) is 6.06. The Morgan fingerprint density at radius 1 is 1.11 bits per heavy atom. The maximum absolute atomic E-state index is 13.2. The number of hydrogen-bond acceptors (Lipinski definition) is 5. The maximum Gasteiger partial charge on any atom is 0.416 e. The van der Waals surface area contributed by atoms with Gasteiger partial charge in [-0.1, -0.05) is 12.7 Å². The van der Waals surface area contributed by atoms with E-state index in [9.17, 15) is 35.9 Å². The van der Waals surface area contributed by atoms with Gasteiger partial charge >= 0.3 is 24.3 Å². The highest BCUT2D eigenvalue weighted by atomic mass is 19.4. The van der Waals surface area contributed by atoms with Crippen LogP contribution in [-0.2, 0) is 31.4 Å². The van der Waals surface area contributed by atoms with Crippen LogP contribution in [0.15, 0.2) is 42.0 Å². The zero-order chi connectivity index (χ0) is 25.9. The topological polar surface area (TPSA) is 65.1 Å². The van der Waals surface area contributed by atoms with E-state index in [-0.39, 0.29) is 18.1 Å². The molecule has 0 unspecified atom stereocenters. The standard InChI is InChI=1S/C24H22F6O5/c1-11-5-4-6-22(3)19(35-22)18-16(12(2)20(31)34-18)10-17(11)33-21(32)13-7-14(23(25,26)27)9-15(8-13)24(28,29)30/h5,7-9,16-19H,2,4,6,10H2,1,3H3/t16-,17-,18-,19+,22+/m0/s1. The van der Waals surface area contributed by atoms with Gasteiger partial charge in [0.1, 0.15) is 18.3 Å². The molecule has 11 heteroatoms. The van der Waals surface area contributed by atoms with Crippen LogP contribution in [0.1, 0.15) is 54.6 Å². The number of benzene rings is 1. The summed E-state index contributed by atoms with van der Waals surface area (Å²) in [7, 11) is 0. The number of halogens is 6. The average molecular weight is 504 g/mol. The lowest BCUT2D eigenvalue weighted by molar-refractivity contribution is -0.143. The Morgan fingerprint density at radius 3 is 2.29 bits per heavy atom. The largest absolute Gasteiger partial charge is 0.455 e. The van der Waals surface area contributed by atoms with Gasteiger partial charge in [0.05, 0.1) is 22.3 Å². The molecule has 0 radical (unpaired) electrons. The molecule has 4 rings (SSSR count). The number of alkyl halides is 6. The predicted octanol–water partition coefficient (Wildman–Crippen LogP) is 5.64. The van der Waals surface area contributed by atoms with Crippen LogP contribution in [0, 0.1) is 5.92 Å². The molecule has 5 atom stereocenters. The van der Waals surface area contributed by atoms with Gasteiger partial charge < -0.3 is 14.2 Å². The van der Waals surface area contributed by atoms with Gasteiger partial charge in [0.15, 0.2) is 0 Å². The first kappa shape index (κ1) is 25.3. The Balaban J connectivity index is 1.65. The van der Waals surface area contributed by atoms with Gasteiger partial charge in [-0.15, -0.1) is 0 Å². The van der Waals surface area contributed by atoms with Crippen LogP contribution in [0.4, 0.5) is 26.3 Å². The van der Waals surface area contributed by atoms with Crippen LogP contribution in [0.5, 0.6) is 0 Å². The molecular formula is C24H22F6O5. The van der Waals surface area contributed by atoms with Crippen LogP contribution < -0.4 is 0 Å². The third-order valence-electron chi connectivity index (χ3n) is 6.74. The summed E-state index contributed by atoms with van der Waals surface area (Å²) in [4.78, 5) is 25.0. The summed E-state index contributed by atoms with van der Waals surface area (Å²) in [5, 5.41) is 0. The van der Waals surface area contributed by atoms with Crippen molar-refractivity contribution in [3.63, 3.8) is 0 Å². The van der Waals surface area contributed by atoms with E-state index in [1.54, 1.807) is 13.0 Å². The molecule has 0 bridgehead atoms. The Morgan fingerprint density at radius 2 is 1.71 bits per heavy atom. The lowest BCUT2D eigenvalue weighted by atomic mass is 9.83. The van der Waals surface area contributed by atoms with Gasteiger partial charge in [-0.3, -0.25) is 0 Å². The number of carbonyl (C=O) groups is 2. The van der Waals surface area contributed by atoms with Crippen LogP contribution in [-0.4, -0.2) is 35.9 Å². The van der Waals surface area contributed by atoms with Crippen molar-refractivity contribution in [1.29, 1.82) is 0 Å². The van der Waals surface area contributed by atoms with E-state index in [4.69, 9.17) is 14.2 Å². The summed E-state index contributed by atoms with van der Waals surface area (Å²) in [6.07, 6.45) is -9.45. The normalized spacial score (nSPS) is 31.1. The Labute approximate surface area is 196 Å². The van der Waals surface area contributed by atoms with Gasteiger partial charge in [0.25, 0.3) is 0 Å². The summed E-state index contributed by atoms with van der Waals surface area (Å²) >= 11 is 0. The molecule has 0 spiro atoms. The summed E-state index contributed by atoms with van der Waals surface area (Å²) in [6.45, 7) is 7.28. The van der Waals surface area contributed by atoms with E-state index in [0.717, 1.165) is 0 Å². The molecule has 2 saturated heterocycles. The lowest BCUT2D eigenvalue weighted by Gasteiger charge is -2.26. The fraction of sp³-hybridized carbons (Fsp3) is 0.500. The van der Waals surface area contributed by atoms with E-state index in [1.807, 2.05) is 6.92 Å². The summed E-state index contributed by atoms with van der Waals surface area (Å²) < 4.78 is 95.9. The molecule has 1 aromatic carbocycles. The maximum atomic E-state index is 13.2. The highest BCUT2D eigenvalue weighted by molar-refractivity contribution is 5.91. The Bertz CT molecular complexity index is 1070. The number of rotatable bonds is 2. The first-order chi connectivity index (χ1) is 16.1. The van der Waals surface area contributed by atoms with Crippen molar-refractivity contribution in [2.45, 2.75) is 69.4 Å². The minimum absolute atomic E-state index is 0.00431. The third-order valence-corrected chi connectivity index (χ3v) is 6.74. The highest BCUT2D eigenvalue weighted by Gasteiger charge is 2.62. The van der Waals surface area contributed by atoms with Crippen LogP contribution in [0.25, 0.3) is 0 Å². The molecule has 5 nitrogen and oxygen atoms in total. The van der Waals surface area contributed by atoms with Gasteiger partial charge in [-0.05, 0) is 56.9 Å². The molecular weight excluding hydrogens is 482 g/mol. The molecule has 35 heavy (non-hydrogen) atoms. The first-order valence-corrected chi connectivity index (χ1v) is 10.8. The van der Waals surface area contributed by atoms with Crippen molar-refractivity contribution < 1.29 is 50.1 Å². The van der Waals surface area contributed by atoms with E-state index in [1.165, 1.54) is 0 Å². The highest BCUT2D eigenvalue weighted by Crippen LogP contribution is 2.50. The van der Waals surface area contributed by atoms with Gasteiger partial charge in [-0.25, -0.2) is 9.59 Å². The van der Waals surface area contributed by atoms with Crippen molar-refractivity contribution in [3.8, 4) is 0 Å². The van der Waals surface area contributed by atoms with E-state index >= 15 is 0 Å². The van der Waals surface area contributed by atoms with Crippen LogP contribution in [0.2, 0.25) is 0 Å². The molecule has 0 saturated carbocycles. The number of hydrogen-bond donors (Lipinski definition) is 0. The van der Waals surface area contributed by atoms with Gasteiger partial charge in [0.2, 0.25) is 0 Å². The lowest BCUT2D eigenvalue weighted by Crippen LogP contribution is -2.33. The summed E-state index contributed by atoms with van der Waals surface area (Å²) in [5.74, 6) is -2.59. The molecule has 0 N–H and O–H groups in total. The third kappa shape index (κ3) is 4.96. The molecule has 1 aromatic rings. The van der Waals surface area contributed by atoms with E-state index in [0.29, 0.717) is 30.5 Å². The van der Waals surface area contributed by atoms with E-state index in [2.05, 4.69) is 6.58 Å². The number of allylic oxidation sites excluding steroid dienone is 1. The number of esters is 2. The zero-order valence-electron chi connectivity index (χ0n) is 18.8.